The van der Waals surface area contributed by atoms with Gasteiger partial charge in [0.15, 0.2) is 0 Å². The van der Waals surface area contributed by atoms with E-state index >= 15 is 0 Å². The van der Waals surface area contributed by atoms with Crippen LogP contribution in [0.3, 0.4) is 0 Å². The van der Waals surface area contributed by atoms with Gasteiger partial charge in [-0.25, -0.2) is 0 Å². The first-order valence-corrected chi connectivity index (χ1v) is 5.99. The van der Waals surface area contributed by atoms with E-state index in [1.807, 2.05) is 0 Å². The third-order valence-electron chi connectivity index (χ3n) is 3.10. The molecule has 1 aliphatic heterocycles. The van der Waals surface area contributed by atoms with Crippen LogP contribution >= 0.6 is 0 Å². The summed E-state index contributed by atoms with van der Waals surface area (Å²) >= 11 is 0. The van der Waals surface area contributed by atoms with Crippen LogP contribution in [0.5, 0.6) is 0 Å². The predicted octanol–water partition coefficient (Wildman–Crippen LogP) is 2.94. The molecule has 0 aromatic carbocycles. The molecule has 1 atom stereocenters. The van der Waals surface area contributed by atoms with E-state index in [2.05, 4.69) is 17.9 Å². The van der Waals surface area contributed by atoms with E-state index < -0.39 is 0 Å². The smallest absolute Gasteiger partial charge is 0.0622 e. The van der Waals surface area contributed by atoms with Gasteiger partial charge in [-0.3, -0.25) is 0 Å². The van der Waals surface area contributed by atoms with Crippen LogP contribution in [-0.2, 0) is 0 Å². The summed E-state index contributed by atoms with van der Waals surface area (Å²) < 4.78 is 0. The van der Waals surface area contributed by atoms with Crippen molar-refractivity contribution in [1.82, 2.24) is 4.90 Å². The molecule has 0 spiro atoms. The molecular weight excluding hydrogens is 172 g/mol. The molecule has 1 fully saturated rings. The van der Waals surface area contributed by atoms with Crippen molar-refractivity contribution in [2.45, 2.75) is 57.9 Å². The molecule has 2 nitrogen and oxygen atoms in total. The number of hydrogen-bond donors (Lipinski definition) is 0. The fraction of sp³-hybridized carbons (Fsp3) is 0.917. The maximum absolute atomic E-state index is 8.50. The molecule has 1 heterocycles. The Morgan fingerprint density at radius 3 is 3.00 bits per heavy atom. The summed E-state index contributed by atoms with van der Waals surface area (Å²) in [7, 11) is 0. The minimum absolute atomic E-state index is 0.718. The standard InChI is InChI=1S/C12H22N2/c1-2-7-12-8-3-5-10-14(12)11-6-4-9-13/h12H,2-8,10-11H2,1H3. The molecule has 2 heteroatoms. The Kier molecular flexibility index (Phi) is 5.63. The highest BCUT2D eigenvalue weighted by Crippen LogP contribution is 2.20. The van der Waals surface area contributed by atoms with E-state index in [4.69, 9.17) is 5.26 Å². The quantitative estimate of drug-likeness (QED) is 0.629. The van der Waals surface area contributed by atoms with Crippen LogP contribution < -0.4 is 0 Å². The summed E-state index contributed by atoms with van der Waals surface area (Å²) in [5, 5.41) is 8.50. The number of rotatable bonds is 5. The molecule has 0 aromatic rings. The number of unbranched alkanes of at least 4 members (excludes halogenated alkanes) is 1. The average Bonchev–Trinajstić information content (AvgIpc) is 2.21. The minimum Gasteiger partial charge on any atom is -0.300 e. The van der Waals surface area contributed by atoms with Crippen molar-refractivity contribution in [1.29, 1.82) is 5.26 Å². The Hall–Kier alpha value is -0.550. The van der Waals surface area contributed by atoms with Crippen LogP contribution in [0.25, 0.3) is 0 Å². The Bertz CT molecular complexity index is 181. The Morgan fingerprint density at radius 2 is 2.29 bits per heavy atom. The van der Waals surface area contributed by atoms with Crippen LogP contribution in [0.4, 0.5) is 0 Å². The number of hydrogen-bond acceptors (Lipinski definition) is 2. The Labute approximate surface area is 87.9 Å². The van der Waals surface area contributed by atoms with Crippen LogP contribution in [0.2, 0.25) is 0 Å². The third kappa shape index (κ3) is 3.67. The molecule has 14 heavy (non-hydrogen) atoms. The van der Waals surface area contributed by atoms with Crippen molar-refractivity contribution >= 4 is 0 Å². The fourth-order valence-corrected chi connectivity index (χ4v) is 2.38. The average molecular weight is 194 g/mol. The molecule has 0 amide bonds. The van der Waals surface area contributed by atoms with Crippen molar-refractivity contribution in [3.63, 3.8) is 0 Å². The highest BCUT2D eigenvalue weighted by Gasteiger charge is 2.20. The van der Waals surface area contributed by atoms with E-state index in [9.17, 15) is 0 Å². The van der Waals surface area contributed by atoms with Gasteiger partial charge in [0.2, 0.25) is 0 Å². The summed E-state index contributed by atoms with van der Waals surface area (Å²) in [5.41, 5.74) is 0. The molecule has 0 bridgehead atoms. The lowest BCUT2D eigenvalue weighted by molar-refractivity contribution is 0.138. The highest BCUT2D eigenvalue weighted by molar-refractivity contribution is 4.78. The largest absolute Gasteiger partial charge is 0.300 e. The monoisotopic (exact) mass is 194 g/mol. The second-order valence-corrected chi connectivity index (χ2v) is 4.24. The number of nitrogens with zero attached hydrogens (tertiary/aromatic N) is 2. The van der Waals surface area contributed by atoms with Crippen molar-refractivity contribution in [2.24, 2.45) is 0 Å². The molecule has 1 saturated heterocycles. The molecular formula is C12H22N2. The topological polar surface area (TPSA) is 27.0 Å². The summed E-state index contributed by atoms with van der Waals surface area (Å²) in [6, 6.07) is 3.04. The van der Waals surface area contributed by atoms with Gasteiger partial charge < -0.3 is 4.90 Å². The maximum atomic E-state index is 8.50. The second-order valence-electron chi connectivity index (χ2n) is 4.24. The molecule has 1 unspecified atom stereocenters. The van der Waals surface area contributed by atoms with Crippen LogP contribution in [0.15, 0.2) is 0 Å². The van der Waals surface area contributed by atoms with Gasteiger partial charge in [-0.15, -0.1) is 0 Å². The first-order valence-electron chi connectivity index (χ1n) is 5.99. The van der Waals surface area contributed by atoms with Gasteiger partial charge in [-0.1, -0.05) is 19.8 Å². The van der Waals surface area contributed by atoms with Crippen molar-refractivity contribution in [3.05, 3.63) is 0 Å². The summed E-state index contributed by atoms with van der Waals surface area (Å²) in [6.45, 7) is 4.66. The fourth-order valence-electron chi connectivity index (χ4n) is 2.38. The molecule has 0 N–H and O–H groups in total. The maximum Gasteiger partial charge on any atom is 0.0622 e. The number of likely N-dealkylation sites (tertiary alicyclic amines) is 1. The zero-order chi connectivity index (χ0) is 10.2. The SMILES string of the molecule is CCCC1CCCCN1CCCC#N. The molecule has 1 aliphatic rings. The second kappa shape index (κ2) is 6.84. The minimum atomic E-state index is 0.718. The Balaban J connectivity index is 2.27. The molecule has 0 aliphatic carbocycles. The molecule has 0 radical (unpaired) electrons. The first-order chi connectivity index (χ1) is 6.88. The lowest BCUT2D eigenvalue weighted by Crippen LogP contribution is -2.39. The molecule has 1 rings (SSSR count). The van der Waals surface area contributed by atoms with Crippen LogP contribution in [0, 0.1) is 11.3 Å². The molecule has 0 aromatic heterocycles. The zero-order valence-electron chi connectivity index (χ0n) is 9.34. The van der Waals surface area contributed by atoms with Gasteiger partial charge in [-0.05, 0) is 38.8 Å². The molecule has 80 valence electrons. The van der Waals surface area contributed by atoms with Gasteiger partial charge in [0, 0.05) is 12.5 Å². The number of piperidine rings is 1. The third-order valence-corrected chi connectivity index (χ3v) is 3.10. The van der Waals surface area contributed by atoms with Crippen molar-refractivity contribution < 1.29 is 0 Å². The lowest BCUT2D eigenvalue weighted by atomic mass is 9.98. The van der Waals surface area contributed by atoms with Crippen LogP contribution in [-0.4, -0.2) is 24.0 Å². The zero-order valence-corrected chi connectivity index (χ0v) is 9.34. The highest BCUT2D eigenvalue weighted by atomic mass is 15.2. The summed E-state index contributed by atoms with van der Waals surface area (Å²) in [5.74, 6) is 0. The van der Waals surface area contributed by atoms with Gasteiger partial charge in [0.05, 0.1) is 6.07 Å². The molecule has 0 saturated carbocycles. The van der Waals surface area contributed by atoms with Crippen molar-refractivity contribution in [2.75, 3.05) is 13.1 Å². The van der Waals surface area contributed by atoms with Crippen molar-refractivity contribution in [3.8, 4) is 6.07 Å². The van der Waals surface area contributed by atoms with Gasteiger partial charge >= 0.3 is 0 Å². The van der Waals surface area contributed by atoms with E-state index in [1.54, 1.807) is 0 Å². The summed E-state index contributed by atoms with van der Waals surface area (Å²) in [6.07, 6.45) is 8.53. The Morgan fingerprint density at radius 1 is 1.43 bits per heavy atom. The van der Waals surface area contributed by atoms with Crippen LogP contribution in [0.1, 0.15) is 51.9 Å². The van der Waals surface area contributed by atoms with E-state index in [1.165, 1.54) is 38.6 Å². The van der Waals surface area contributed by atoms with Gasteiger partial charge in [-0.2, -0.15) is 5.26 Å². The number of nitriles is 1. The first kappa shape index (κ1) is 11.5. The van der Waals surface area contributed by atoms with E-state index in [-0.39, 0.29) is 0 Å². The normalized spacial score (nSPS) is 23.3. The predicted molar refractivity (Wildman–Crippen MR) is 59.0 cm³/mol. The van der Waals surface area contributed by atoms with Gasteiger partial charge in [0.25, 0.3) is 0 Å². The summed E-state index contributed by atoms with van der Waals surface area (Å²) in [4.78, 5) is 2.60. The van der Waals surface area contributed by atoms with Gasteiger partial charge in [0.1, 0.15) is 0 Å². The van der Waals surface area contributed by atoms with E-state index in [0.717, 1.165) is 25.4 Å². The van der Waals surface area contributed by atoms with E-state index in [0.29, 0.717) is 0 Å². The lowest BCUT2D eigenvalue weighted by Gasteiger charge is -2.35.